The quantitative estimate of drug-likeness (QED) is 0.489. The number of carbonyl (C=O) groups is 2. The van der Waals surface area contributed by atoms with Gasteiger partial charge >= 0.3 is 5.97 Å². The number of carbonyl (C=O) groups excluding carboxylic acids is 1. The number of aliphatic hydroxyl groups is 1. The molecule has 4 N–H and O–H groups in total. The van der Waals surface area contributed by atoms with Crippen LogP contribution in [0, 0.1) is 11.8 Å². The number of carboxylic acid groups (broad SMARTS) is 1. The number of hydrogen-bond donors (Lipinski definition) is 3. The first-order chi connectivity index (χ1) is 11.8. The molecule has 140 valence electrons. The number of primary amides is 1. The summed E-state index contributed by atoms with van der Waals surface area (Å²) in [6.07, 6.45) is 2.25. The van der Waals surface area contributed by atoms with E-state index in [1.165, 1.54) is 5.56 Å². The zero-order chi connectivity index (χ0) is 18.9. The first-order valence-corrected chi connectivity index (χ1v) is 9.57. The number of aryl methyl sites for hydroxylation is 1. The van der Waals surface area contributed by atoms with E-state index in [9.17, 15) is 24.4 Å². The highest BCUT2D eigenvalue weighted by Crippen LogP contribution is 2.38. The van der Waals surface area contributed by atoms with Crippen molar-refractivity contribution in [2.24, 2.45) is 17.6 Å². The fraction of sp³-hybridized carbons (Fsp3) is 0.556. The molecule has 0 aliphatic rings. The maximum absolute atomic E-state index is 11.6. The maximum Gasteiger partial charge on any atom is 0.309 e. The van der Waals surface area contributed by atoms with Crippen molar-refractivity contribution in [1.82, 2.24) is 0 Å². The third kappa shape index (κ3) is 7.41. The summed E-state index contributed by atoms with van der Waals surface area (Å²) in [5, 5.41) is 18.1. The molecule has 0 aliphatic heterocycles. The van der Waals surface area contributed by atoms with Gasteiger partial charge < -0.3 is 20.5 Å². The number of carboxylic acids is 1. The molecule has 0 aliphatic carbocycles. The van der Waals surface area contributed by atoms with E-state index in [2.05, 4.69) is 12.1 Å². The van der Waals surface area contributed by atoms with Gasteiger partial charge in [-0.2, -0.15) is 0 Å². The monoisotopic (exact) mass is 369 g/mol. The van der Waals surface area contributed by atoms with Crippen LogP contribution in [-0.4, -0.2) is 27.4 Å². The van der Waals surface area contributed by atoms with Crippen LogP contribution in [0.5, 0.6) is 0 Å². The average Bonchev–Trinajstić information content (AvgIpc) is 2.58. The summed E-state index contributed by atoms with van der Waals surface area (Å²) >= 11 is 0. The van der Waals surface area contributed by atoms with Crippen molar-refractivity contribution in [3.63, 3.8) is 0 Å². The van der Waals surface area contributed by atoms with Crippen molar-refractivity contribution in [2.45, 2.75) is 50.8 Å². The van der Waals surface area contributed by atoms with Gasteiger partial charge in [0.15, 0.2) is 0 Å². The summed E-state index contributed by atoms with van der Waals surface area (Å²) in [5.74, 6) is -2.87. The zero-order valence-electron chi connectivity index (χ0n) is 14.6. The van der Waals surface area contributed by atoms with Gasteiger partial charge in [-0.3, -0.25) is 9.59 Å². The van der Waals surface area contributed by atoms with Crippen LogP contribution in [0.3, 0.4) is 0 Å². The van der Waals surface area contributed by atoms with E-state index in [1.54, 1.807) is 0 Å². The molecule has 0 radical (unpaired) electrons. The summed E-state index contributed by atoms with van der Waals surface area (Å²) in [5.41, 5.74) is 6.28. The average molecular weight is 369 g/mol. The molecule has 0 bridgehead atoms. The molecule has 1 aromatic rings. The summed E-state index contributed by atoms with van der Waals surface area (Å²) in [6.45, 7) is 2.03. The van der Waals surface area contributed by atoms with E-state index in [4.69, 9.17) is 5.73 Å². The molecule has 1 rings (SSSR count). The Balaban J connectivity index is 2.60. The lowest BCUT2D eigenvalue weighted by Gasteiger charge is -2.30. The van der Waals surface area contributed by atoms with Crippen LogP contribution < -0.4 is 5.73 Å². The van der Waals surface area contributed by atoms with E-state index in [0.717, 1.165) is 12.8 Å². The predicted octanol–water partition coefficient (Wildman–Crippen LogP) is 2.45. The fourth-order valence-electron chi connectivity index (χ4n) is 2.87. The molecule has 6 nitrogen and oxygen atoms in total. The second kappa shape index (κ2) is 10.4. The van der Waals surface area contributed by atoms with E-state index in [-0.39, 0.29) is 25.2 Å². The molecule has 0 aromatic heterocycles. The van der Waals surface area contributed by atoms with E-state index in [1.807, 2.05) is 25.1 Å². The lowest BCUT2D eigenvalue weighted by atomic mass is 9.88. The fourth-order valence-corrected chi connectivity index (χ4v) is 3.63. The highest BCUT2D eigenvalue weighted by Gasteiger charge is 2.40. The molecular weight excluding hydrogens is 341 g/mol. The first-order valence-electron chi connectivity index (χ1n) is 8.52. The molecule has 1 amide bonds. The van der Waals surface area contributed by atoms with Crippen molar-refractivity contribution in [2.75, 3.05) is 0 Å². The lowest BCUT2D eigenvalue weighted by molar-refractivity contribution is -0.148. The van der Waals surface area contributed by atoms with Crippen LogP contribution in [0.2, 0.25) is 0 Å². The molecule has 7 heteroatoms. The van der Waals surface area contributed by atoms with Crippen LogP contribution in [0.25, 0.3) is 0 Å². The molecule has 4 atom stereocenters. The van der Waals surface area contributed by atoms with Gasteiger partial charge in [0, 0.05) is 6.42 Å². The molecule has 0 heterocycles. The van der Waals surface area contributed by atoms with Gasteiger partial charge in [-0.1, -0.05) is 37.3 Å². The third-order valence-electron chi connectivity index (χ3n) is 4.59. The third-order valence-corrected chi connectivity index (χ3v) is 5.69. The molecule has 0 saturated carbocycles. The Bertz CT molecular complexity index is 580. The van der Waals surface area contributed by atoms with Crippen LogP contribution in [0.1, 0.15) is 44.6 Å². The second-order valence-electron chi connectivity index (χ2n) is 6.67. The maximum atomic E-state index is 11.6. The van der Waals surface area contributed by atoms with Crippen molar-refractivity contribution in [3.05, 3.63) is 35.9 Å². The van der Waals surface area contributed by atoms with E-state index < -0.39 is 31.6 Å². The van der Waals surface area contributed by atoms with Gasteiger partial charge in [0.1, 0.15) is 5.34 Å². The number of hydrogen-bond acceptors (Lipinski definition) is 4. The molecule has 0 saturated heterocycles. The Kier molecular flexibility index (Phi) is 8.87. The highest BCUT2D eigenvalue weighted by molar-refractivity contribution is 7.25. The summed E-state index contributed by atoms with van der Waals surface area (Å²) < 4.78 is 11.6. The normalized spacial score (nSPS) is 16.4. The number of rotatable bonds is 12. The second-order valence-corrected chi connectivity index (χ2v) is 7.91. The summed E-state index contributed by atoms with van der Waals surface area (Å²) in [7, 11) is -1.71. The zero-order valence-corrected chi connectivity index (χ0v) is 15.7. The van der Waals surface area contributed by atoms with Crippen LogP contribution in [-0.2, 0) is 20.6 Å². The highest BCUT2D eigenvalue weighted by atomic mass is 31.1. The predicted molar refractivity (Wildman–Crippen MR) is 98.1 cm³/mol. The van der Waals surface area contributed by atoms with E-state index in [0.29, 0.717) is 6.42 Å². The topological polar surface area (TPSA) is 118 Å². The van der Waals surface area contributed by atoms with Gasteiger partial charge in [-0.05, 0) is 43.6 Å². The SMILES string of the molecule is CC(CCc1ccccc1)CCC(O)([PH2]=O)C(CCC(N)=O)C(=O)O. The first kappa shape index (κ1) is 21.4. The van der Waals surface area contributed by atoms with Gasteiger partial charge in [0.2, 0.25) is 5.91 Å². The Morgan fingerprint density at radius 1 is 1.20 bits per heavy atom. The summed E-state index contributed by atoms with van der Waals surface area (Å²) in [6, 6.07) is 10.0. The number of amides is 1. The van der Waals surface area contributed by atoms with Crippen LogP contribution >= 0.6 is 8.46 Å². The Hall–Kier alpha value is -1.65. The minimum Gasteiger partial charge on any atom is -0.481 e. The molecule has 0 fully saturated rings. The largest absolute Gasteiger partial charge is 0.481 e. The van der Waals surface area contributed by atoms with Crippen LogP contribution in [0.15, 0.2) is 30.3 Å². The van der Waals surface area contributed by atoms with Crippen LogP contribution in [0.4, 0.5) is 0 Å². The van der Waals surface area contributed by atoms with Gasteiger partial charge in [0.05, 0.1) is 14.4 Å². The van der Waals surface area contributed by atoms with Crippen molar-refractivity contribution < 1.29 is 24.4 Å². The van der Waals surface area contributed by atoms with Crippen molar-refractivity contribution in [1.29, 1.82) is 0 Å². The smallest absolute Gasteiger partial charge is 0.309 e. The van der Waals surface area contributed by atoms with Gasteiger partial charge in [-0.15, -0.1) is 0 Å². The van der Waals surface area contributed by atoms with Crippen molar-refractivity contribution in [3.8, 4) is 0 Å². The molecule has 1 aromatic carbocycles. The van der Waals surface area contributed by atoms with Gasteiger partial charge in [0.25, 0.3) is 0 Å². The minimum atomic E-state index is -1.78. The molecule has 4 unspecified atom stereocenters. The Labute approximate surface area is 149 Å². The summed E-state index contributed by atoms with van der Waals surface area (Å²) in [4.78, 5) is 22.3. The number of benzene rings is 1. The Morgan fingerprint density at radius 2 is 1.84 bits per heavy atom. The molecule has 25 heavy (non-hydrogen) atoms. The van der Waals surface area contributed by atoms with E-state index >= 15 is 0 Å². The van der Waals surface area contributed by atoms with Gasteiger partial charge in [-0.25, -0.2) is 0 Å². The standard InChI is InChI=1S/C18H28NO5P/c1-13(7-8-14-5-3-2-4-6-14)11-12-18(23,25-24)15(17(21)22)9-10-16(19)20/h2-6,13,15,23H,7-12,25H2,1H3,(H2,19,20)(H,21,22). The molecular formula is C18H28NO5P. The molecule has 0 spiro atoms. The number of aliphatic carboxylic acids is 1. The Morgan fingerprint density at radius 3 is 2.36 bits per heavy atom. The number of nitrogens with two attached hydrogens (primary N) is 1. The lowest BCUT2D eigenvalue weighted by Crippen LogP contribution is -2.38. The minimum absolute atomic E-state index is 0.102. The van der Waals surface area contributed by atoms with Crippen molar-refractivity contribution >= 4 is 20.3 Å².